The lowest BCUT2D eigenvalue weighted by atomic mass is 10.1. The number of ether oxygens (including phenoxy) is 1. The maximum atomic E-state index is 12.3. The molecule has 1 amide bonds. The lowest BCUT2D eigenvalue weighted by Gasteiger charge is -2.31. The summed E-state index contributed by atoms with van der Waals surface area (Å²) in [4.78, 5) is 25.9. The molecule has 0 bridgehead atoms. The Labute approximate surface area is 204 Å². The molecule has 0 aliphatic carbocycles. The zero-order chi connectivity index (χ0) is 24.2. The molecule has 1 fully saturated rings. The van der Waals surface area contributed by atoms with Crippen molar-refractivity contribution in [1.82, 2.24) is 15.3 Å². The maximum absolute atomic E-state index is 12.3. The molecule has 2 aromatic carbocycles. The molecule has 1 saturated heterocycles. The molecule has 2 aliphatic rings. The van der Waals surface area contributed by atoms with Crippen molar-refractivity contribution in [2.24, 2.45) is 0 Å². The van der Waals surface area contributed by atoms with E-state index in [1.807, 2.05) is 53.4 Å². The fourth-order valence-corrected chi connectivity index (χ4v) is 4.51. The Hall–Kier alpha value is -3.85. The van der Waals surface area contributed by atoms with Crippen LogP contribution in [0.15, 0.2) is 54.7 Å². The van der Waals surface area contributed by atoms with E-state index in [0.717, 1.165) is 54.3 Å². The van der Waals surface area contributed by atoms with Crippen molar-refractivity contribution in [3.05, 3.63) is 65.9 Å². The Morgan fingerprint density at radius 3 is 2.74 bits per heavy atom. The highest BCUT2D eigenvalue weighted by Crippen LogP contribution is 2.33. The summed E-state index contributed by atoms with van der Waals surface area (Å²) in [6.45, 7) is 2.81. The van der Waals surface area contributed by atoms with Crippen molar-refractivity contribution >= 4 is 29.0 Å². The van der Waals surface area contributed by atoms with E-state index < -0.39 is 0 Å². The van der Waals surface area contributed by atoms with Gasteiger partial charge in [-0.3, -0.25) is 4.79 Å². The highest BCUT2D eigenvalue weighted by Gasteiger charge is 2.23. The number of carbonyl (C=O) groups is 1. The van der Waals surface area contributed by atoms with E-state index in [9.17, 15) is 9.90 Å². The van der Waals surface area contributed by atoms with Gasteiger partial charge >= 0.3 is 0 Å². The van der Waals surface area contributed by atoms with Crippen LogP contribution in [0.5, 0.6) is 5.75 Å². The molecule has 2 aliphatic heterocycles. The molecule has 0 saturated carbocycles. The monoisotopic (exact) mass is 474 g/mol. The van der Waals surface area contributed by atoms with Gasteiger partial charge in [0.05, 0.1) is 25.4 Å². The summed E-state index contributed by atoms with van der Waals surface area (Å²) >= 11 is 0. The minimum Gasteiger partial charge on any atom is -0.494 e. The maximum Gasteiger partial charge on any atom is 0.239 e. The number of hydrogen-bond donors (Lipinski definition) is 3. The van der Waals surface area contributed by atoms with Crippen LogP contribution in [0.4, 0.5) is 23.1 Å². The molecule has 3 heterocycles. The van der Waals surface area contributed by atoms with Crippen molar-refractivity contribution in [1.29, 1.82) is 0 Å². The first-order chi connectivity index (χ1) is 17.1. The molecule has 0 atom stereocenters. The smallest absolute Gasteiger partial charge is 0.239 e. The van der Waals surface area contributed by atoms with Crippen LogP contribution in [0.3, 0.4) is 0 Å². The minimum atomic E-state index is -0.216. The Balaban J connectivity index is 1.39. The molecule has 0 spiro atoms. The molecular weight excluding hydrogens is 444 g/mol. The summed E-state index contributed by atoms with van der Waals surface area (Å²) in [6, 6.07) is 16.0. The fraction of sp³-hybridized carbons (Fsp3) is 0.346. The number of nitrogens with zero attached hydrogens (tertiary/aromatic N) is 4. The predicted molar refractivity (Wildman–Crippen MR) is 135 cm³/mol. The number of methoxy groups -OCH3 is 1. The third-order valence-corrected chi connectivity index (χ3v) is 6.43. The van der Waals surface area contributed by atoms with Crippen LogP contribution in [-0.2, 0) is 17.9 Å². The summed E-state index contributed by atoms with van der Waals surface area (Å²) in [5, 5.41) is 16.0. The number of hydrogen-bond acceptors (Lipinski definition) is 8. The standard InChI is InChI=1S/C26H30N6O3/c1-35-23-13-20(31-11-9-21(33)10-12-31)7-8-22(23)29-26-28-15-19-14-27-24(34)17-32(25(19)30-26)16-18-5-3-2-4-6-18/h2-8,13,15,21,33H,9-12,14,16-17H2,1H3,(H,27,34)(H,28,29,30). The Kier molecular flexibility index (Phi) is 6.67. The van der Waals surface area contributed by atoms with Crippen LogP contribution in [0.2, 0.25) is 0 Å². The largest absolute Gasteiger partial charge is 0.494 e. The molecule has 35 heavy (non-hydrogen) atoms. The number of aromatic nitrogens is 2. The van der Waals surface area contributed by atoms with Crippen LogP contribution in [0.25, 0.3) is 0 Å². The third-order valence-electron chi connectivity index (χ3n) is 6.43. The molecule has 3 aromatic rings. The van der Waals surface area contributed by atoms with Crippen LogP contribution in [0, 0.1) is 0 Å². The van der Waals surface area contributed by atoms with Crippen molar-refractivity contribution in [2.75, 3.05) is 41.9 Å². The number of anilines is 4. The van der Waals surface area contributed by atoms with Crippen LogP contribution in [-0.4, -0.2) is 53.8 Å². The summed E-state index contributed by atoms with van der Waals surface area (Å²) in [5.74, 6) is 1.80. The number of piperidine rings is 1. The number of aliphatic hydroxyl groups excluding tert-OH is 1. The van der Waals surface area contributed by atoms with Crippen LogP contribution in [0.1, 0.15) is 24.0 Å². The van der Waals surface area contributed by atoms with Crippen LogP contribution < -0.4 is 25.2 Å². The number of benzene rings is 2. The Morgan fingerprint density at radius 2 is 1.97 bits per heavy atom. The number of carbonyl (C=O) groups excluding carboxylic acids is 1. The topological polar surface area (TPSA) is 103 Å². The number of aliphatic hydroxyl groups is 1. The number of nitrogens with one attached hydrogen (secondary N) is 2. The zero-order valence-corrected chi connectivity index (χ0v) is 19.8. The quantitative estimate of drug-likeness (QED) is 0.501. The average molecular weight is 475 g/mol. The molecule has 0 radical (unpaired) electrons. The van der Waals surface area contributed by atoms with Gasteiger partial charge in [0.2, 0.25) is 11.9 Å². The Morgan fingerprint density at radius 1 is 1.17 bits per heavy atom. The van der Waals surface area contributed by atoms with Crippen molar-refractivity contribution in [3.8, 4) is 5.75 Å². The molecule has 3 N–H and O–H groups in total. The second kappa shape index (κ2) is 10.2. The highest BCUT2D eigenvalue weighted by molar-refractivity contribution is 5.83. The lowest BCUT2D eigenvalue weighted by molar-refractivity contribution is -0.119. The van der Waals surface area contributed by atoms with Gasteiger partial charge in [0.1, 0.15) is 11.6 Å². The SMILES string of the molecule is COc1cc(N2CCC(O)CC2)ccc1Nc1ncc2c(n1)N(Cc1ccccc1)CC(=O)NC2. The highest BCUT2D eigenvalue weighted by atomic mass is 16.5. The predicted octanol–water partition coefficient (Wildman–Crippen LogP) is 2.83. The first kappa shape index (κ1) is 22.9. The summed E-state index contributed by atoms with van der Waals surface area (Å²) in [5.41, 5.74) is 3.78. The van der Waals surface area contributed by atoms with E-state index in [-0.39, 0.29) is 18.6 Å². The van der Waals surface area contributed by atoms with Crippen molar-refractivity contribution in [3.63, 3.8) is 0 Å². The normalized spacial score (nSPS) is 16.3. The van der Waals surface area contributed by atoms with Gasteiger partial charge in [-0.25, -0.2) is 4.98 Å². The van der Waals surface area contributed by atoms with Gasteiger partial charge < -0.3 is 30.3 Å². The molecule has 9 nitrogen and oxygen atoms in total. The minimum absolute atomic E-state index is 0.0454. The van der Waals surface area contributed by atoms with Crippen molar-refractivity contribution < 1.29 is 14.6 Å². The van der Waals surface area contributed by atoms with Gasteiger partial charge in [-0.1, -0.05) is 30.3 Å². The third kappa shape index (κ3) is 5.30. The van der Waals surface area contributed by atoms with E-state index in [4.69, 9.17) is 9.72 Å². The number of fused-ring (bicyclic) bond motifs is 1. The van der Waals surface area contributed by atoms with Gasteiger partial charge in [0.15, 0.2) is 0 Å². The zero-order valence-electron chi connectivity index (χ0n) is 19.8. The summed E-state index contributed by atoms with van der Waals surface area (Å²) < 4.78 is 5.66. The molecule has 9 heteroatoms. The first-order valence-corrected chi connectivity index (χ1v) is 11.9. The molecule has 1 aromatic heterocycles. The first-order valence-electron chi connectivity index (χ1n) is 11.9. The summed E-state index contributed by atoms with van der Waals surface area (Å²) in [7, 11) is 1.64. The number of rotatable bonds is 6. The summed E-state index contributed by atoms with van der Waals surface area (Å²) in [6.07, 6.45) is 3.07. The van der Waals surface area contributed by atoms with E-state index in [1.54, 1.807) is 13.3 Å². The van der Waals surface area contributed by atoms with E-state index in [1.165, 1.54) is 0 Å². The molecule has 0 unspecified atom stereocenters. The van der Waals surface area contributed by atoms with Gasteiger partial charge in [0.25, 0.3) is 0 Å². The van der Waals surface area contributed by atoms with Gasteiger partial charge in [-0.2, -0.15) is 4.98 Å². The fourth-order valence-electron chi connectivity index (χ4n) is 4.51. The van der Waals surface area contributed by atoms with Crippen molar-refractivity contribution in [2.45, 2.75) is 32.0 Å². The number of amides is 1. The van der Waals surface area contributed by atoms with Gasteiger partial charge in [0, 0.05) is 49.7 Å². The van der Waals surface area contributed by atoms with E-state index in [0.29, 0.717) is 24.8 Å². The van der Waals surface area contributed by atoms with Gasteiger partial charge in [-0.05, 0) is 30.5 Å². The Bertz CT molecular complexity index is 1180. The molecular formula is C26H30N6O3. The average Bonchev–Trinajstić information content (AvgIpc) is 3.03. The van der Waals surface area contributed by atoms with E-state index >= 15 is 0 Å². The second-order valence-corrected chi connectivity index (χ2v) is 8.89. The van der Waals surface area contributed by atoms with E-state index in [2.05, 4.69) is 20.5 Å². The van der Waals surface area contributed by atoms with Gasteiger partial charge in [-0.15, -0.1) is 0 Å². The van der Waals surface area contributed by atoms with Crippen LogP contribution >= 0.6 is 0 Å². The second-order valence-electron chi connectivity index (χ2n) is 8.89. The molecule has 5 rings (SSSR count). The molecule has 182 valence electrons. The lowest BCUT2D eigenvalue weighted by Crippen LogP contribution is -2.35.